The average Bonchev–Trinajstić information content (AvgIpc) is 3.29. The molecule has 0 bridgehead atoms. The van der Waals surface area contributed by atoms with Gasteiger partial charge in [0.25, 0.3) is 5.91 Å². The highest BCUT2D eigenvalue weighted by Gasteiger charge is 2.62. The van der Waals surface area contributed by atoms with Crippen molar-refractivity contribution in [3.63, 3.8) is 0 Å². The van der Waals surface area contributed by atoms with E-state index in [1.165, 1.54) is 23.0 Å². The van der Waals surface area contributed by atoms with Crippen LogP contribution in [0.1, 0.15) is 40.3 Å². The number of nitrogens with one attached hydrogen (secondary N) is 1. The Bertz CT molecular complexity index is 1390. The normalized spacial score (nSPS) is 25.2. The molecule has 2 saturated carbocycles. The standard InChI is InChI=1S/C22H19F2N5O3S/c1-28-22(5-4-10-6-14(10)22)25-20(32)17-19(31)18(30)13(9-29(17)28)21-27-26-16(33-21)7-11-2-3-12(23)8-15(11)24/h2-3,8-10,14,31H,4-7H2,1H3,(H,25,32)/t10-,14+,22?/m0/s1. The number of hydrogen-bond donors (Lipinski definition) is 2. The number of amides is 1. The Morgan fingerprint density at radius 1 is 1.30 bits per heavy atom. The number of aromatic hydroxyl groups is 1. The van der Waals surface area contributed by atoms with Crippen LogP contribution >= 0.6 is 11.3 Å². The molecular formula is C22H19F2N5O3S. The number of hydrogen-bond acceptors (Lipinski definition) is 7. The Balaban J connectivity index is 1.39. The van der Waals surface area contributed by atoms with Crippen LogP contribution in [0.2, 0.25) is 0 Å². The molecular weight excluding hydrogens is 452 g/mol. The molecule has 1 aliphatic heterocycles. The monoisotopic (exact) mass is 471 g/mol. The summed E-state index contributed by atoms with van der Waals surface area (Å²) in [7, 11) is 1.83. The first-order valence-electron chi connectivity index (χ1n) is 10.6. The van der Waals surface area contributed by atoms with Crippen molar-refractivity contribution in [2.45, 2.75) is 31.3 Å². The minimum absolute atomic E-state index is 0.0799. The second kappa shape index (κ2) is 6.83. The molecule has 3 aromatic rings. The van der Waals surface area contributed by atoms with Gasteiger partial charge in [0.05, 0.1) is 5.56 Å². The van der Waals surface area contributed by atoms with Gasteiger partial charge in [0.15, 0.2) is 16.5 Å². The zero-order chi connectivity index (χ0) is 23.1. The number of pyridine rings is 1. The molecule has 1 aromatic carbocycles. The molecule has 2 fully saturated rings. The number of carbonyl (C=O) groups excluding carboxylic acids is 1. The van der Waals surface area contributed by atoms with Crippen LogP contribution in [0.4, 0.5) is 8.78 Å². The fourth-order valence-electron chi connectivity index (χ4n) is 5.28. The van der Waals surface area contributed by atoms with E-state index in [1.807, 2.05) is 12.1 Å². The van der Waals surface area contributed by atoms with Gasteiger partial charge in [-0.15, -0.1) is 10.2 Å². The van der Waals surface area contributed by atoms with Gasteiger partial charge >= 0.3 is 0 Å². The lowest BCUT2D eigenvalue weighted by atomic mass is 10.0. The van der Waals surface area contributed by atoms with Crippen molar-refractivity contribution < 1.29 is 18.7 Å². The van der Waals surface area contributed by atoms with E-state index in [0.29, 0.717) is 16.8 Å². The summed E-state index contributed by atoms with van der Waals surface area (Å²) in [5, 5.41) is 24.3. The Labute approximate surface area is 190 Å². The van der Waals surface area contributed by atoms with Crippen molar-refractivity contribution in [3.8, 4) is 16.3 Å². The summed E-state index contributed by atoms with van der Waals surface area (Å²) < 4.78 is 28.7. The molecule has 11 heteroatoms. The van der Waals surface area contributed by atoms with Crippen molar-refractivity contribution in [1.29, 1.82) is 0 Å². The van der Waals surface area contributed by atoms with Crippen LogP contribution in [0.25, 0.3) is 10.6 Å². The van der Waals surface area contributed by atoms with Crippen LogP contribution in [-0.2, 0) is 6.42 Å². The van der Waals surface area contributed by atoms with E-state index in [1.54, 1.807) is 0 Å². The van der Waals surface area contributed by atoms with Crippen molar-refractivity contribution >= 4 is 17.2 Å². The minimum Gasteiger partial charge on any atom is -0.502 e. The zero-order valence-corrected chi connectivity index (χ0v) is 18.3. The molecule has 33 heavy (non-hydrogen) atoms. The fourth-order valence-corrected chi connectivity index (χ4v) is 6.15. The van der Waals surface area contributed by atoms with Gasteiger partial charge in [-0.2, -0.15) is 0 Å². The van der Waals surface area contributed by atoms with Crippen molar-refractivity contribution in [2.24, 2.45) is 11.8 Å². The van der Waals surface area contributed by atoms with Crippen LogP contribution in [0, 0.1) is 23.5 Å². The van der Waals surface area contributed by atoms with Crippen molar-refractivity contribution in [2.75, 3.05) is 12.1 Å². The molecule has 2 aliphatic carbocycles. The van der Waals surface area contributed by atoms with Crippen LogP contribution in [0.5, 0.6) is 5.75 Å². The molecule has 3 heterocycles. The molecule has 8 nitrogen and oxygen atoms in total. The van der Waals surface area contributed by atoms with Gasteiger partial charge in [0.2, 0.25) is 5.43 Å². The maximum Gasteiger partial charge on any atom is 0.275 e. The molecule has 3 aliphatic rings. The highest BCUT2D eigenvalue weighted by Crippen LogP contribution is 2.58. The topological polar surface area (TPSA) is 100 Å². The average molecular weight is 471 g/mol. The first-order chi connectivity index (χ1) is 15.8. The van der Waals surface area contributed by atoms with E-state index >= 15 is 0 Å². The van der Waals surface area contributed by atoms with E-state index < -0.39 is 34.4 Å². The number of aromatic nitrogens is 3. The van der Waals surface area contributed by atoms with Crippen LogP contribution in [0.15, 0.2) is 29.2 Å². The molecule has 170 valence electrons. The lowest BCUT2D eigenvalue weighted by Gasteiger charge is -2.47. The fraction of sp³-hybridized carbons (Fsp3) is 0.364. The first-order valence-corrected chi connectivity index (χ1v) is 11.4. The summed E-state index contributed by atoms with van der Waals surface area (Å²) in [5.41, 5.74) is -1.03. The third-order valence-electron chi connectivity index (χ3n) is 7.10. The molecule has 1 amide bonds. The quantitative estimate of drug-likeness (QED) is 0.609. The Morgan fingerprint density at radius 3 is 2.82 bits per heavy atom. The molecule has 6 rings (SSSR count). The summed E-state index contributed by atoms with van der Waals surface area (Å²) in [6.45, 7) is 0. The third-order valence-corrected chi connectivity index (χ3v) is 8.05. The summed E-state index contributed by atoms with van der Waals surface area (Å²) in [6.07, 6.45) is 4.44. The molecule has 2 N–H and O–H groups in total. The third kappa shape index (κ3) is 2.91. The largest absolute Gasteiger partial charge is 0.502 e. The molecule has 2 aromatic heterocycles. The second-order valence-electron chi connectivity index (χ2n) is 8.87. The lowest BCUT2D eigenvalue weighted by Crippen LogP contribution is -2.68. The number of carbonyl (C=O) groups is 1. The predicted octanol–water partition coefficient (Wildman–Crippen LogP) is 2.38. The van der Waals surface area contributed by atoms with Gasteiger partial charge in [0.1, 0.15) is 22.3 Å². The summed E-state index contributed by atoms with van der Waals surface area (Å²) >= 11 is 1.08. The van der Waals surface area contributed by atoms with Crippen LogP contribution in [-0.4, -0.2) is 38.6 Å². The van der Waals surface area contributed by atoms with E-state index in [4.69, 9.17) is 0 Å². The molecule has 0 radical (unpaired) electrons. The number of halogens is 2. The Kier molecular flexibility index (Phi) is 4.20. The molecule has 3 atom stereocenters. The number of rotatable bonds is 3. The van der Waals surface area contributed by atoms with Crippen molar-refractivity contribution in [1.82, 2.24) is 20.2 Å². The first kappa shape index (κ1) is 20.3. The van der Waals surface area contributed by atoms with E-state index in [9.17, 15) is 23.5 Å². The smallest absolute Gasteiger partial charge is 0.275 e. The van der Waals surface area contributed by atoms with E-state index in [-0.39, 0.29) is 28.2 Å². The van der Waals surface area contributed by atoms with E-state index in [2.05, 4.69) is 15.5 Å². The van der Waals surface area contributed by atoms with Gasteiger partial charge in [-0.3, -0.25) is 19.3 Å². The van der Waals surface area contributed by atoms with Crippen molar-refractivity contribution in [3.05, 3.63) is 62.5 Å². The molecule has 1 unspecified atom stereocenters. The summed E-state index contributed by atoms with van der Waals surface area (Å²) in [5.74, 6) is -1.57. The number of benzene rings is 1. The highest BCUT2D eigenvalue weighted by atomic mass is 32.1. The predicted molar refractivity (Wildman–Crippen MR) is 116 cm³/mol. The van der Waals surface area contributed by atoms with Gasteiger partial charge in [0, 0.05) is 31.6 Å². The number of fused-ring (bicyclic) bond motifs is 3. The zero-order valence-electron chi connectivity index (χ0n) is 17.5. The van der Waals surface area contributed by atoms with Gasteiger partial charge in [-0.1, -0.05) is 17.4 Å². The summed E-state index contributed by atoms with van der Waals surface area (Å²) in [6, 6.07) is 3.30. The maximum absolute atomic E-state index is 14.0. The Hall–Kier alpha value is -3.34. The van der Waals surface area contributed by atoms with Crippen LogP contribution in [0.3, 0.4) is 0 Å². The lowest BCUT2D eigenvalue weighted by molar-refractivity contribution is 0.0804. The Morgan fingerprint density at radius 2 is 2.12 bits per heavy atom. The van der Waals surface area contributed by atoms with Crippen LogP contribution < -0.4 is 15.8 Å². The van der Waals surface area contributed by atoms with Gasteiger partial charge < -0.3 is 10.4 Å². The van der Waals surface area contributed by atoms with E-state index in [0.717, 1.165) is 36.7 Å². The highest BCUT2D eigenvalue weighted by molar-refractivity contribution is 7.14. The van der Waals surface area contributed by atoms with Gasteiger partial charge in [-0.25, -0.2) is 8.78 Å². The summed E-state index contributed by atoms with van der Waals surface area (Å²) in [4.78, 5) is 25.8. The minimum atomic E-state index is -0.730. The second-order valence-corrected chi connectivity index (χ2v) is 9.93. The SMILES string of the molecule is CN1n2cc(-c3nnc(Cc4ccc(F)cc4F)s3)c(=O)c(O)c2C(=O)NC12CC[C@H]1C[C@H]12. The molecule has 1 spiro atoms. The maximum atomic E-state index is 14.0. The number of nitrogens with zero attached hydrogens (tertiary/aromatic N) is 4. The van der Waals surface area contributed by atoms with Gasteiger partial charge in [-0.05, 0) is 36.8 Å². The molecule has 0 saturated heterocycles.